The maximum atomic E-state index is 13.2. The molecule has 0 fully saturated rings. The number of halogens is 1. The number of benzene rings is 1. The molecule has 0 heterocycles. The van der Waals surface area contributed by atoms with E-state index in [1.54, 1.807) is 13.0 Å². The Morgan fingerprint density at radius 3 is 2.18 bits per heavy atom. The zero-order valence-electron chi connectivity index (χ0n) is 11.1. The summed E-state index contributed by atoms with van der Waals surface area (Å²) in [5, 5.41) is 0. The predicted molar refractivity (Wildman–Crippen MR) is 67.5 cm³/mol. The Hall–Kier alpha value is -1.22. The summed E-state index contributed by atoms with van der Waals surface area (Å²) >= 11 is 0. The van der Waals surface area contributed by atoms with Crippen molar-refractivity contribution in [1.82, 2.24) is 0 Å². The Labute approximate surface area is 102 Å². The van der Waals surface area contributed by atoms with Gasteiger partial charge in [-0.15, -0.1) is 0 Å². The number of aryl methyl sites for hydroxylation is 1. The molecule has 0 saturated heterocycles. The summed E-state index contributed by atoms with van der Waals surface area (Å²) in [6.45, 7) is 8.91. The van der Waals surface area contributed by atoms with Crippen molar-refractivity contribution in [2.75, 3.05) is 0 Å². The smallest absolute Gasteiger partial charge is 0.170 e. The number of nitrogens with two attached hydrogens (primary N) is 1. The lowest BCUT2D eigenvalue weighted by Crippen LogP contribution is -2.51. The zero-order chi connectivity index (χ0) is 13.4. The Morgan fingerprint density at radius 1 is 1.24 bits per heavy atom. The lowest BCUT2D eigenvalue weighted by Gasteiger charge is -2.37. The van der Waals surface area contributed by atoms with Gasteiger partial charge in [0, 0.05) is 16.5 Å². The molecule has 94 valence electrons. The summed E-state index contributed by atoms with van der Waals surface area (Å²) in [4.78, 5) is 12.4. The number of rotatable bonds is 3. The van der Waals surface area contributed by atoms with Crippen molar-refractivity contribution in [3.05, 3.63) is 35.1 Å². The fourth-order valence-corrected chi connectivity index (χ4v) is 1.44. The summed E-state index contributed by atoms with van der Waals surface area (Å²) in [5.74, 6) is -0.362. The van der Waals surface area contributed by atoms with Gasteiger partial charge in [-0.05, 0) is 44.5 Å². The van der Waals surface area contributed by atoms with Gasteiger partial charge >= 0.3 is 0 Å². The largest absolute Gasteiger partial charge is 0.325 e. The molecule has 1 rings (SSSR count). The second kappa shape index (κ2) is 4.22. The van der Waals surface area contributed by atoms with Crippen LogP contribution in [-0.4, -0.2) is 11.3 Å². The molecule has 0 aliphatic rings. The van der Waals surface area contributed by atoms with Crippen molar-refractivity contribution in [3.8, 4) is 0 Å². The lowest BCUT2D eigenvalue weighted by molar-refractivity contribution is 0.0735. The van der Waals surface area contributed by atoms with Gasteiger partial charge in [0.05, 0.1) is 0 Å². The summed E-state index contributed by atoms with van der Waals surface area (Å²) in [6.07, 6.45) is 0. The highest BCUT2D eigenvalue weighted by Gasteiger charge is 2.40. The van der Waals surface area contributed by atoms with Gasteiger partial charge in [0.1, 0.15) is 5.82 Å². The van der Waals surface area contributed by atoms with Crippen LogP contribution in [0.4, 0.5) is 4.39 Å². The van der Waals surface area contributed by atoms with Crippen molar-refractivity contribution in [2.24, 2.45) is 11.1 Å². The molecule has 0 spiro atoms. The monoisotopic (exact) mass is 237 g/mol. The van der Waals surface area contributed by atoms with Crippen LogP contribution in [0, 0.1) is 18.2 Å². The fraction of sp³-hybridized carbons (Fsp3) is 0.500. The fourth-order valence-electron chi connectivity index (χ4n) is 1.44. The van der Waals surface area contributed by atoms with E-state index in [0.29, 0.717) is 11.1 Å². The molecule has 1 aromatic carbocycles. The van der Waals surface area contributed by atoms with Crippen LogP contribution in [0.5, 0.6) is 0 Å². The predicted octanol–water partition coefficient (Wildman–Crippen LogP) is 3.08. The summed E-state index contributed by atoms with van der Waals surface area (Å²) < 4.78 is 13.2. The summed E-state index contributed by atoms with van der Waals surface area (Å²) in [7, 11) is 0. The van der Waals surface area contributed by atoms with Gasteiger partial charge in [-0.3, -0.25) is 4.79 Å². The Kier molecular flexibility index (Phi) is 3.44. The minimum absolute atomic E-state index is 0.0619. The zero-order valence-corrected chi connectivity index (χ0v) is 11.1. The molecule has 17 heavy (non-hydrogen) atoms. The molecule has 0 aliphatic carbocycles. The maximum Gasteiger partial charge on any atom is 0.170 e. The Balaban J connectivity index is 3.17. The first-order chi connectivity index (χ1) is 7.57. The molecule has 0 bridgehead atoms. The van der Waals surface area contributed by atoms with E-state index in [1.165, 1.54) is 12.1 Å². The lowest BCUT2D eigenvalue weighted by atomic mass is 9.70. The topological polar surface area (TPSA) is 43.1 Å². The first-order valence-electron chi connectivity index (χ1n) is 5.67. The van der Waals surface area contributed by atoms with Crippen LogP contribution in [-0.2, 0) is 0 Å². The van der Waals surface area contributed by atoms with Crippen LogP contribution in [0.15, 0.2) is 18.2 Å². The minimum Gasteiger partial charge on any atom is -0.325 e. The second-order valence-corrected chi connectivity index (χ2v) is 5.64. The summed E-state index contributed by atoms with van der Waals surface area (Å²) in [5.41, 5.74) is 5.68. The van der Waals surface area contributed by atoms with Crippen LogP contribution in [0.1, 0.15) is 43.6 Å². The summed E-state index contributed by atoms with van der Waals surface area (Å²) in [6, 6.07) is 4.41. The minimum atomic E-state index is -0.697. The molecule has 0 unspecified atom stereocenters. The highest BCUT2D eigenvalue weighted by atomic mass is 19.1. The van der Waals surface area contributed by atoms with Gasteiger partial charge in [-0.25, -0.2) is 4.39 Å². The van der Waals surface area contributed by atoms with Crippen LogP contribution in [0.2, 0.25) is 0 Å². The standard InChI is InChI=1S/C14H20FNO/c1-9-8-10(6-7-11(9)15)12(17)13(2,3)14(4,5)16/h6-8H,16H2,1-5H3. The van der Waals surface area contributed by atoms with Crippen molar-refractivity contribution < 1.29 is 9.18 Å². The average molecular weight is 237 g/mol. The van der Waals surface area contributed by atoms with Gasteiger partial charge in [-0.1, -0.05) is 13.8 Å². The molecule has 1 aromatic rings. The van der Waals surface area contributed by atoms with E-state index in [2.05, 4.69) is 0 Å². The van der Waals surface area contributed by atoms with E-state index >= 15 is 0 Å². The molecule has 2 nitrogen and oxygen atoms in total. The van der Waals surface area contributed by atoms with Crippen molar-refractivity contribution >= 4 is 5.78 Å². The number of hydrogen-bond acceptors (Lipinski definition) is 2. The van der Waals surface area contributed by atoms with Crippen molar-refractivity contribution in [2.45, 2.75) is 40.2 Å². The van der Waals surface area contributed by atoms with Gasteiger partial charge in [0.15, 0.2) is 5.78 Å². The third-order valence-corrected chi connectivity index (χ3v) is 3.60. The normalized spacial score (nSPS) is 12.6. The third kappa shape index (κ3) is 2.55. The third-order valence-electron chi connectivity index (χ3n) is 3.60. The number of ketones is 1. The van der Waals surface area contributed by atoms with E-state index in [-0.39, 0.29) is 11.6 Å². The van der Waals surface area contributed by atoms with E-state index in [0.717, 1.165) is 0 Å². The first kappa shape index (κ1) is 13.8. The number of hydrogen-bond donors (Lipinski definition) is 1. The molecule has 0 amide bonds. The molecule has 0 atom stereocenters. The Morgan fingerprint density at radius 2 is 1.76 bits per heavy atom. The molecule has 2 N–H and O–H groups in total. The highest BCUT2D eigenvalue weighted by molar-refractivity contribution is 6.01. The Bertz CT molecular complexity index is 444. The number of carbonyl (C=O) groups is 1. The van der Waals surface area contributed by atoms with E-state index in [1.807, 2.05) is 27.7 Å². The van der Waals surface area contributed by atoms with Gasteiger partial charge in [0.25, 0.3) is 0 Å². The molecule has 0 saturated carbocycles. The van der Waals surface area contributed by atoms with Crippen LogP contribution in [0.25, 0.3) is 0 Å². The van der Waals surface area contributed by atoms with E-state index < -0.39 is 11.0 Å². The quantitative estimate of drug-likeness (QED) is 0.821. The van der Waals surface area contributed by atoms with Crippen molar-refractivity contribution in [1.29, 1.82) is 0 Å². The van der Waals surface area contributed by atoms with Crippen LogP contribution < -0.4 is 5.73 Å². The number of carbonyl (C=O) groups excluding carboxylic acids is 1. The van der Waals surface area contributed by atoms with E-state index in [9.17, 15) is 9.18 Å². The molecule has 0 aromatic heterocycles. The average Bonchev–Trinajstić information content (AvgIpc) is 2.19. The van der Waals surface area contributed by atoms with Crippen LogP contribution in [0.3, 0.4) is 0 Å². The van der Waals surface area contributed by atoms with E-state index in [4.69, 9.17) is 5.73 Å². The molecular formula is C14H20FNO. The molecule has 0 radical (unpaired) electrons. The first-order valence-corrected chi connectivity index (χ1v) is 5.67. The van der Waals surface area contributed by atoms with Gasteiger partial charge < -0.3 is 5.73 Å². The van der Waals surface area contributed by atoms with Crippen molar-refractivity contribution in [3.63, 3.8) is 0 Å². The molecule has 3 heteroatoms. The SMILES string of the molecule is Cc1cc(C(=O)C(C)(C)C(C)(C)N)ccc1F. The second-order valence-electron chi connectivity index (χ2n) is 5.64. The maximum absolute atomic E-state index is 13.2. The van der Waals surface area contributed by atoms with Crippen LogP contribution >= 0.6 is 0 Å². The highest BCUT2D eigenvalue weighted by Crippen LogP contribution is 2.32. The number of Topliss-reactive ketones (excluding diaryl/α,β-unsaturated/α-hetero) is 1. The molecular weight excluding hydrogens is 217 g/mol. The van der Waals surface area contributed by atoms with Gasteiger partial charge in [0.2, 0.25) is 0 Å². The van der Waals surface area contributed by atoms with Gasteiger partial charge in [-0.2, -0.15) is 0 Å². The molecule has 0 aliphatic heterocycles.